The largest absolute Gasteiger partial charge is 0.388 e. The van der Waals surface area contributed by atoms with Gasteiger partial charge in [-0.05, 0) is 13.0 Å². The van der Waals surface area contributed by atoms with Crippen molar-refractivity contribution in [1.29, 1.82) is 0 Å². The Balaban J connectivity index is 2.85. The van der Waals surface area contributed by atoms with Gasteiger partial charge in [-0.2, -0.15) is 0 Å². The zero-order valence-electron chi connectivity index (χ0n) is 11.8. The summed E-state index contributed by atoms with van der Waals surface area (Å²) in [5.74, 6) is 0. The maximum Gasteiger partial charge on any atom is 0.270 e. The van der Waals surface area contributed by atoms with Gasteiger partial charge >= 0.3 is 0 Å². The number of anilines is 1. The SMILES string of the molecule is COCCC(C)(O)CNc1ccc([N+](=O)[O-])cc1C(F)F. The number of nitro benzene ring substituents is 1. The van der Waals surface area contributed by atoms with Crippen LogP contribution in [0, 0.1) is 10.1 Å². The van der Waals surface area contributed by atoms with Crippen molar-refractivity contribution in [1.82, 2.24) is 0 Å². The Morgan fingerprint density at radius 3 is 2.71 bits per heavy atom. The number of nitrogens with one attached hydrogen (secondary N) is 1. The highest BCUT2D eigenvalue weighted by molar-refractivity contribution is 5.56. The monoisotopic (exact) mass is 304 g/mol. The average molecular weight is 304 g/mol. The second kappa shape index (κ2) is 7.28. The zero-order valence-corrected chi connectivity index (χ0v) is 11.8. The summed E-state index contributed by atoms with van der Waals surface area (Å²) >= 11 is 0. The van der Waals surface area contributed by atoms with Crippen molar-refractivity contribution in [3.8, 4) is 0 Å². The van der Waals surface area contributed by atoms with E-state index < -0.39 is 28.2 Å². The molecule has 1 aromatic carbocycles. The van der Waals surface area contributed by atoms with E-state index in [1.54, 1.807) is 6.92 Å². The Bertz CT molecular complexity index is 495. The van der Waals surface area contributed by atoms with Gasteiger partial charge in [0, 0.05) is 50.1 Å². The minimum atomic E-state index is -2.85. The van der Waals surface area contributed by atoms with Gasteiger partial charge in [-0.1, -0.05) is 0 Å². The highest BCUT2D eigenvalue weighted by Crippen LogP contribution is 2.31. The Kier molecular flexibility index (Phi) is 5.98. The van der Waals surface area contributed by atoms with E-state index in [9.17, 15) is 24.0 Å². The molecule has 118 valence electrons. The fourth-order valence-corrected chi connectivity index (χ4v) is 1.70. The number of methoxy groups -OCH3 is 1. The number of hydrogen-bond donors (Lipinski definition) is 2. The highest BCUT2D eigenvalue weighted by Gasteiger charge is 2.22. The van der Waals surface area contributed by atoms with Crippen molar-refractivity contribution in [3.63, 3.8) is 0 Å². The van der Waals surface area contributed by atoms with Crippen LogP contribution in [0.2, 0.25) is 0 Å². The van der Waals surface area contributed by atoms with Crippen LogP contribution in [-0.2, 0) is 4.74 Å². The first-order chi connectivity index (χ1) is 9.76. The zero-order chi connectivity index (χ0) is 16.0. The van der Waals surface area contributed by atoms with Crippen LogP contribution in [0.5, 0.6) is 0 Å². The summed E-state index contributed by atoms with van der Waals surface area (Å²) in [4.78, 5) is 9.88. The summed E-state index contributed by atoms with van der Waals surface area (Å²) in [7, 11) is 1.49. The summed E-state index contributed by atoms with van der Waals surface area (Å²) < 4.78 is 30.7. The molecule has 0 aliphatic carbocycles. The number of ether oxygens (including phenoxy) is 1. The highest BCUT2D eigenvalue weighted by atomic mass is 19.3. The molecule has 1 atom stereocenters. The molecular weight excluding hydrogens is 286 g/mol. The van der Waals surface area contributed by atoms with Gasteiger partial charge in [-0.3, -0.25) is 10.1 Å². The molecule has 1 aromatic rings. The fraction of sp³-hybridized carbons (Fsp3) is 0.538. The summed E-state index contributed by atoms with van der Waals surface area (Å²) in [5, 5.41) is 23.4. The minimum absolute atomic E-state index is 0.0217. The van der Waals surface area contributed by atoms with Gasteiger partial charge in [0.2, 0.25) is 0 Å². The molecule has 0 aromatic heterocycles. The van der Waals surface area contributed by atoms with E-state index in [0.717, 1.165) is 12.1 Å². The van der Waals surface area contributed by atoms with E-state index in [0.29, 0.717) is 13.0 Å². The smallest absolute Gasteiger partial charge is 0.270 e. The molecule has 0 aliphatic rings. The normalized spacial score (nSPS) is 14.0. The minimum Gasteiger partial charge on any atom is -0.388 e. The van der Waals surface area contributed by atoms with Crippen molar-refractivity contribution in [3.05, 3.63) is 33.9 Å². The van der Waals surface area contributed by atoms with Crippen LogP contribution in [-0.4, -0.2) is 35.9 Å². The topological polar surface area (TPSA) is 84.6 Å². The summed E-state index contributed by atoms with van der Waals surface area (Å²) in [5.41, 5.74) is -1.95. The fourth-order valence-electron chi connectivity index (χ4n) is 1.70. The third-order valence-corrected chi connectivity index (χ3v) is 2.99. The lowest BCUT2D eigenvalue weighted by molar-refractivity contribution is -0.385. The number of non-ortho nitro benzene ring substituents is 1. The number of alkyl halides is 2. The van der Waals surface area contributed by atoms with Crippen molar-refractivity contribution in [2.24, 2.45) is 0 Å². The molecule has 1 rings (SSSR count). The molecule has 0 aliphatic heterocycles. The molecule has 0 radical (unpaired) electrons. The lowest BCUT2D eigenvalue weighted by Gasteiger charge is -2.24. The van der Waals surface area contributed by atoms with Crippen molar-refractivity contribution >= 4 is 11.4 Å². The van der Waals surface area contributed by atoms with Crippen LogP contribution in [0.1, 0.15) is 25.3 Å². The summed E-state index contributed by atoms with van der Waals surface area (Å²) in [6.45, 7) is 1.90. The molecule has 8 heteroatoms. The average Bonchev–Trinajstić information content (AvgIpc) is 2.42. The quantitative estimate of drug-likeness (QED) is 0.570. The first-order valence-electron chi connectivity index (χ1n) is 6.28. The molecule has 2 N–H and O–H groups in total. The molecule has 0 spiro atoms. The van der Waals surface area contributed by atoms with Crippen molar-refractivity contribution in [2.75, 3.05) is 25.6 Å². The van der Waals surface area contributed by atoms with Crippen LogP contribution in [0.4, 0.5) is 20.2 Å². The predicted molar refractivity (Wildman–Crippen MR) is 73.7 cm³/mol. The Morgan fingerprint density at radius 2 is 2.19 bits per heavy atom. The standard InChI is InChI=1S/C13H18F2N2O4/c1-13(18,5-6-21-2)8-16-11-4-3-9(17(19)20)7-10(11)12(14)15/h3-4,7,12,16,18H,5-6,8H2,1-2H3. The Morgan fingerprint density at radius 1 is 1.52 bits per heavy atom. The number of hydrogen-bond acceptors (Lipinski definition) is 5. The Labute approximate surface area is 120 Å². The second-order valence-corrected chi connectivity index (χ2v) is 4.92. The van der Waals surface area contributed by atoms with Crippen LogP contribution in [0.25, 0.3) is 0 Å². The lowest BCUT2D eigenvalue weighted by atomic mass is 10.0. The van der Waals surface area contributed by atoms with Crippen molar-refractivity contribution in [2.45, 2.75) is 25.4 Å². The number of aliphatic hydroxyl groups is 1. The van der Waals surface area contributed by atoms with E-state index in [1.165, 1.54) is 13.2 Å². The molecule has 6 nitrogen and oxygen atoms in total. The molecule has 0 saturated carbocycles. The molecule has 0 amide bonds. The van der Waals surface area contributed by atoms with Crippen LogP contribution >= 0.6 is 0 Å². The van der Waals surface area contributed by atoms with Gasteiger partial charge in [0.15, 0.2) is 0 Å². The summed E-state index contributed by atoms with van der Waals surface area (Å²) in [6.07, 6.45) is -2.52. The van der Waals surface area contributed by atoms with Crippen LogP contribution in [0.3, 0.4) is 0 Å². The second-order valence-electron chi connectivity index (χ2n) is 4.92. The van der Waals surface area contributed by atoms with Crippen LogP contribution < -0.4 is 5.32 Å². The molecule has 0 saturated heterocycles. The third kappa shape index (κ3) is 5.24. The van der Waals surface area contributed by atoms with Gasteiger partial charge in [0.25, 0.3) is 12.1 Å². The van der Waals surface area contributed by atoms with Crippen molar-refractivity contribution < 1.29 is 23.5 Å². The van der Waals surface area contributed by atoms with E-state index >= 15 is 0 Å². The third-order valence-electron chi connectivity index (χ3n) is 2.99. The van der Waals surface area contributed by atoms with Gasteiger partial charge in [-0.15, -0.1) is 0 Å². The molecule has 0 bridgehead atoms. The molecule has 21 heavy (non-hydrogen) atoms. The number of rotatable bonds is 8. The molecule has 1 unspecified atom stereocenters. The van der Waals surface area contributed by atoms with Gasteiger partial charge in [0.05, 0.1) is 10.5 Å². The summed E-state index contributed by atoms with van der Waals surface area (Å²) in [6, 6.07) is 3.18. The maximum absolute atomic E-state index is 12.9. The molecular formula is C13H18F2N2O4. The molecule has 0 heterocycles. The number of nitrogens with zero attached hydrogens (tertiary/aromatic N) is 1. The number of halogens is 2. The van der Waals surface area contributed by atoms with E-state index in [1.807, 2.05) is 0 Å². The van der Waals surface area contributed by atoms with Gasteiger partial charge < -0.3 is 15.2 Å². The first kappa shape index (κ1) is 17.3. The predicted octanol–water partition coefficient (Wildman–Crippen LogP) is 2.73. The lowest BCUT2D eigenvalue weighted by Crippen LogP contribution is -2.34. The van der Waals surface area contributed by atoms with E-state index in [-0.39, 0.29) is 12.2 Å². The number of nitro groups is 1. The van der Waals surface area contributed by atoms with Gasteiger partial charge in [-0.25, -0.2) is 8.78 Å². The first-order valence-corrected chi connectivity index (χ1v) is 6.28. The number of benzene rings is 1. The maximum atomic E-state index is 12.9. The van der Waals surface area contributed by atoms with E-state index in [2.05, 4.69) is 5.32 Å². The molecule has 0 fully saturated rings. The van der Waals surface area contributed by atoms with Gasteiger partial charge in [0.1, 0.15) is 0 Å². The Hall–Kier alpha value is -1.80. The van der Waals surface area contributed by atoms with E-state index in [4.69, 9.17) is 4.74 Å². The van der Waals surface area contributed by atoms with Crippen LogP contribution in [0.15, 0.2) is 18.2 Å².